The molecule has 0 aromatic heterocycles. The first-order valence-electron chi connectivity index (χ1n) is 9.41. The van der Waals surface area contributed by atoms with Crippen LogP contribution in [0.1, 0.15) is 46.9 Å². The van der Waals surface area contributed by atoms with Crippen LogP contribution in [0.5, 0.6) is 0 Å². The van der Waals surface area contributed by atoms with Crippen LogP contribution in [0.3, 0.4) is 0 Å². The number of carbonyl (C=O) groups excluding carboxylic acids is 2. The molecule has 2 aromatic rings. The van der Waals surface area contributed by atoms with E-state index in [4.69, 9.17) is 0 Å². The molecule has 2 amide bonds. The van der Waals surface area contributed by atoms with Gasteiger partial charge in [-0.1, -0.05) is 43.3 Å². The van der Waals surface area contributed by atoms with Crippen LogP contribution in [0.2, 0.25) is 0 Å². The summed E-state index contributed by atoms with van der Waals surface area (Å²) in [7, 11) is 0. The highest BCUT2D eigenvalue weighted by atomic mass is 16.2. The second kappa shape index (κ2) is 8.65. The van der Waals surface area contributed by atoms with Gasteiger partial charge in [0.1, 0.15) is 0 Å². The number of amides is 2. The lowest BCUT2D eigenvalue weighted by atomic mass is 10.0. The molecule has 4 nitrogen and oxygen atoms in total. The maximum Gasteiger partial charge on any atom is 0.254 e. The fraction of sp³-hybridized carbons (Fsp3) is 0.364. The molecule has 0 N–H and O–H groups in total. The van der Waals surface area contributed by atoms with Gasteiger partial charge in [-0.15, -0.1) is 0 Å². The highest BCUT2D eigenvalue weighted by Crippen LogP contribution is 2.21. The van der Waals surface area contributed by atoms with E-state index < -0.39 is 0 Å². The van der Waals surface area contributed by atoms with Crippen molar-refractivity contribution < 1.29 is 9.59 Å². The van der Waals surface area contributed by atoms with E-state index in [0.717, 1.165) is 36.9 Å². The second-order valence-electron chi connectivity index (χ2n) is 6.75. The predicted octanol–water partition coefficient (Wildman–Crippen LogP) is 3.84. The Morgan fingerprint density at radius 3 is 2.00 bits per heavy atom. The van der Waals surface area contributed by atoms with Gasteiger partial charge in [-0.3, -0.25) is 9.59 Å². The normalized spacial score (nSPS) is 14.9. The minimum Gasteiger partial charge on any atom is -0.338 e. The highest BCUT2D eigenvalue weighted by molar-refractivity contribution is 5.95. The molecule has 2 aromatic carbocycles. The van der Waals surface area contributed by atoms with Crippen LogP contribution in [0, 0.1) is 0 Å². The Balaban J connectivity index is 1.65. The number of hydrogen-bond acceptors (Lipinski definition) is 2. The van der Waals surface area contributed by atoms with E-state index in [2.05, 4.69) is 6.92 Å². The lowest BCUT2D eigenvalue weighted by Crippen LogP contribution is -2.49. The Morgan fingerprint density at radius 1 is 0.923 bits per heavy atom. The molecule has 1 saturated heterocycles. The van der Waals surface area contributed by atoms with E-state index in [1.165, 1.54) is 0 Å². The van der Waals surface area contributed by atoms with Crippen LogP contribution < -0.4 is 0 Å². The molecule has 1 heterocycles. The molecule has 1 fully saturated rings. The van der Waals surface area contributed by atoms with E-state index in [0.29, 0.717) is 13.1 Å². The summed E-state index contributed by atoms with van der Waals surface area (Å²) < 4.78 is 0. The van der Waals surface area contributed by atoms with Crippen molar-refractivity contribution in [1.29, 1.82) is 0 Å². The summed E-state index contributed by atoms with van der Waals surface area (Å²) in [5.41, 5.74) is 1.47. The molecule has 0 spiro atoms. The molecule has 0 radical (unpaired) electrons. The van der Waals surface area contributed by atoms with Gasteiger partial charge in [-0.05, 0) is 43.5 Å². The molecular formula is C22H26N2O2. The van der Waals surface area contributed by atoms with Crippen LogP contribution >= 0.6 is 0 Å². The Labute approximate surface area is 155 Å². The zero-order valence-corrected chi connectivity index (χ0v) is 15.3. The smallest absolute Gasteiger partial charge is 0.254 e. The second-order valence-corrected chi connectivity index (χ2v) is 6.75. The van der Waals surface area contributed by atoms with Crippen molar-refractivity contribution in [2.24, 2.45) is 0 Å². The summed E-state index contributed by atoms with van der Waals surface area (Å²) in [6, 6.07) is 19.1. The first kappa shape index (κ1) is 18.2. The molecule has 26 heavy (non-hydrogen) atoms. The molecular weight excluding hydrogens is 324 g/mol. The molecule has 1 aliphatic heterocycles. The standard InChI is InChI=1S/C22H26N2O2/c1-2-15-24(22(26)19-11-7-4-8-12-19)20-13-16-23(17-14-20)21(25)18-9-5-3-6-10-18/h3-12,20H,2,13-17H2,1H3. The Kier molecular flexibility index (Phi) is 6.05. The van der Waals surface area contributed by atoms with Gasteiger partial charge in [0.15, 0.2) is 0 Å². The Bertz CT molecular complexity index is 722. The van der Waals surface area contributed by atoms with Gasteiger partial charge in [0, 0.05) is 36.8 Å². The maximum absolute atomic E-state index is 12.9. The van der Waals surface area contributed by atoms with Crippen LogP contribution in [-0.2, 0) is 0 Å². The number of nitrogens with zero attached hydrogens (tertiary/aromatic N) is 2. The molecule has 136 valence electrons. The molecule has 0 saturated carbocycles. The summed E-state index contributed by atoms with van der Waals surface area (Å²) in [6.45, 7) is 4.24. The monoisotopic (exact) mass is 350 g/mol. The van der Waals surface area contributed by atoms with Gasteiger partial charge in [0.25, 0.3) is 11.8 Å². The zero-order chi connectivity index (χ0) is 18.4. The average molecular weight is 350 g/mol. The largest absolute Gasteiger partial charge is 0.338 e. The van der Waals surface area contributed by atoms with Gasteiger partial charge in [0.2, 0.25) is 0 Å². The molecule has 0 atom stereocenters. The zero-order valence-electron chi connectivity index (χ0n) is 15.3. The van der Waals surface area contributed by atoms with E-state index in [-0.39, 0.29) is 17.9 Å². The van der Waals surface area contributed by atoms with Crippen molar-refractivity contribution in [1.82, 2.24) is 9.80 Å². The molecule has 0 bridgehead atoms. The Morgan fingerprint density at radius 2 is 1.46 bits per heavy atom. The number of carbonyl (C=O) groups is 2. The third kappa shape index (κ3) is 4.13. The van der Waals surface area contributed by atoms with Crippen molar-refractivity contribution in [2.45, 2.75) is 32.2 Å². The lowest BCUT2D eigenvalue weighted by Gasteiger charge is -2.38. The molecule has 3 rings (SSSR count). The maximum atomic E-state index is 12.9. The van der Waals surface area contributed by atoms with E-state index in [9.17, 15) is 9.59 Å². The van der Waals surface area contributed by atoms with Crippen molar-refractivity contribution in [3.63, 3.8) is 0 Å². The summed E-state index contributed by atoms with van der Waals surface area (Å²) in [4.78, 5) is 29.4. The Hall–Kier alpha value is -2.62. The molecule has 1 aliphatic rings. The number of benzene rings is 2. The van der Waals surface area contributed by atoms with E-state index >= 15 is 0 Å². The SMILES string of the molecule is CCCN(C(=O)c1ccccc1)C1CCN(C(=O)c2ccccc2)CC1. The topological polar surface area (TPSA) is 40.6 Å². The molecule has 0 unspecified atom stereocenters. The van der Waals surface area contributed by atoms with Crippen LogP contribution in [0.25, 0.3) is 0 Å². The van der Waals surface area contributed by atoms with E-state index in [1.54, 1.807) is 0 Å². The number of likely N-dealkylation sites (tertiary alicyclic amines) is 1. The van der Waals surface area contributed by atoms with Crippen molar-refractivity contribution >= 4 is 11.8 Å². The molecule has 4 heteroatoms. The number of rotatable bonds is 5. The van der Waals surface area contributed by atoms with Crippen molar-refractivity contribution in [2.75, 3.05) is 19.6 Å². The minimum absolute atomic E-state index is 0.0838. The van der Waals surface area contributed by atoms with E-state index in [1.807, 2.05) is 70.5 Å². The third-order valence-electron chi connectivity index (χ3n) is 4.96. The number of piperidine rings is 1. The van der Waals surface area contributed by atoms with Gasteiger partial charge in [0.05, 0.1) is 0 Å². The van der Waals surface area contributed by atoms with Crippen LogP contribution in [-0.4, -0.2) is 47.3 Å². The summed E-state index contributed by atoms with van der Waals surface area (Å²) in [5, 5.41) is 0. The lowest BCUT2D eigenvalue weighted by molar-refractivity contribution is 0.0519. The first-order chi connectivity index (χ1) is 12.7. The number of hydrogen-bond donors (Lipinski definition) is 0. The predicted molar refractivity (Wildman–Crippen MR) is 103 cm³/mol. The van der Waals surface area contributed by atoms with Crippen LogP contribution in [0.15, 0.2) is 60.7 Å². The van der Waals surface area contributed by atoms with Gasteiger partial charge in [-0.2, -0.15) is 0 Å². The molecule has 0 aliphatic carbocycles. The van der Waals surface area contributed by atoms with Crippen LogP contribution in [0.4, 0.5) is 0 Å². The first-order valence-corrected chi connectivity index (χ1v) is 9.41. The average Bonchev–Trinajstić information content (AvgIpc) is 2.72. The van der Waals surface area contributed by atoms with Crippen molar-refractivity contribution in [3.05, 3.63) is 71.8 Å². The summed E-state index contributed by atoms with van der Waals surface area (Å²) in [5.74, 6) is 0.181. The highest BCUT2D eigenvalue weighted by Gasteiger charge is 2.29. The summed E-state index contributed by atoms with van der Waals surface area (Å²) >= 11 is 0. The summed E-state index contributed by atoms with van der Waals surface area (Å²) in [6.07, 6.45) is 2.59. The van der Waals surface area contributed by atoms with Gasteiger partial charge < -0.3 is 9.80 Å². The quantitative estimate of drug-likeness (QED) is 0.822. The third-order valence-corrected chi connectivity index (χ3v) is 4.96. The van der Waals surface area contributed by atoms with Gasteiger partial charge >= 0.3 is 0 Å². The van der Waals surface area contributed by atoms with Crippen molar-refractivity contribution in [3.8, 4) is 0 Å². The van der Waals surface area contributed by atoms with Gasteiger partial charge in [-0.25, -0.2) is 0 Å². The fourth-order valence-corrected chi connectivity index (χ4v) is 3.58. The minimum atomic E-state index is 0.0838. The fourth-order valence-electron chi connectivity index (χ4n) is 3.58.